The fourth-order valence-electron chi connectivity index (χ4n) is 1.93. The Morgan fingerprint density at radius 1 is 1.32 bits per heavy atom. The average molecular weight is 296 g/mol. The second kappa shape index (κ2) is 4.52. The van der Waals surface area contributed by atoms with E-state index in [1.807, 2.05) is 0 Å². The quantitative estimate of drug-likeness (QED) is 0.828. The highest BCUT2D eigenvalue weighted by Gasteiger charge is 2.33. The molecule has 0 aliphatic carbocycles. The summed E-state index contributed by atoms with van der Waals surface area (Å²) in [5, 5.41) is -0.00345. The maximum absolute atomic E-state index is 12.5. The van der Waals surface area contributed by atoms with Crippen LogP contribution in [0.3, 0.4) is 0 Å². The summed E-state index contributed by atoms with van der Waals surface area (Å²) in [6.45, 7) is -0.00687. The molecular weight excluding hydrogens is 287 g/mol. The van der Waals surface area contributed by atoms with E-state index in [0.29, 0.717) is 4.57 Å². The van der Waals surface area contributed by atoms with Crippen LogP contribution in [0.4, 0.5) is 19.0 Å². The Hall–Kier alpha value is -1.57. The fraction of sp³-hybridized carbons (Fsp3) is 0.500. The maximum Gasteiger partial charge on any atom is 0.406 e. The van der Waals surface area contributed by atoms with Crippen molar-refractivity contribution < 1.29 is 13.2 Å². The lowest BCUT2D eigenvalue weighted by molar-refractivity contribution is -0.141. The smallest absolute Gasteiger partial charge is 0.269 e. The zero-order valence-corrected chi connectivity index (χ0v) is 10.5. The fourth-order valence-corrected chi connectivity index (χ4v) is 2.14. The highest BCUT2D eigenvalue weighted by molar-refractivity contribution is 6.66. The molecule has 9 heteroatoms. The van der Waals surface area contributed by atoms with E-state index in [2.05, 4.69) is 4.99 Å². The van der Waals surface area contributed by atoms with Crippen molar-refractivity contribution in [3.05, 3.63) is 26.4 Å². The third kappa shape index (κ3) is 2.44. The monoisotopic (exact) mass is 295 g/mol. The summed E-state index contributed by atoms with van der Waals surface area (Å²) in [7, 11) is 0. The summed E-state index contributed by atoms with van der Waals surface area (Å²) in [6.07, 6.45) is -4.63. The number of fused-ring (bicyclic) bond motifs is 1. The second-order valence-electron chi connectivity index (χ2n) is 4.00. The Morgan fingerprint density at radius 2 is 1.95 bits per heavy atom. The molecule has 19 heavy (non-hydrogen) atoms. The summed E-state index contributed by atoms with van der Waals surface area (Å²) < 4.78 is 38.7. The molecule has 0 saturated heterocycles. The molecule has 1 aromatic heterocycles. The number of halogens is 4. The van der Waals surface area contributed by atoms with Gasteiger partial charge in [-0.1, -0.05) is 11.6 Å². The van der Waals surface area contributed by atoms with E-state index >= 15 is 0 Å². The van der Waals surface area contributed by atoms with Crippen molar-refractivity contribution >= 4 is 22.6 Å². The minimum Gasteiger partial charge on any atom is -0.269 e. The standard InChI is InChI=1S/C10H9ClF3N3O2/c1-2-16-8(18)5-3-6(11)15-7(5)17(9(16)19)4-10(12,13)14/h2-4H2,1H3. The van der Waals surface area contributed by atoms with Gasteiger partial charge in [0.05, 0.1) is 5.56 Å². The summed E-state index contributed by atoms with van der Waals surface area (Å²) in [5.74, 6) is -0.290. The summed E-state index contributed by atoms with van der Waals surface area (Å²) in [6, 6.07) is 0. The Labute approximate surface area is 109 Å². The van der Waals surface area contributed by atoms with Crippen LogP contribution in [0.25, 0.3) is 0 Å². The lowest BCUT2D eigenvalue weighted by atomic mass is 10.2. The van der Waals surface area contributed by atoms with Crippen molar-refractivity contribution in [2.24, 2.45) is 4.99 Å². The molecule has 5 nitrogen and oxygen atoms in total. The Morgan fingerprint density at radius 3 is 2.47 bits per heavy atom. The van der Waals surface area contributed by atoms with Crippen molar-refractivity contribution in [3.63, 3.8) is 0 Å². The lowest BCUT2D eigenvalue weighted by Crippen LogP contribution is -2.42. The van der Waals surface area contributed by atoms with Crippen LogP contribution >= 0.6 is 11.6 Å². The molecule has 0 unspecified atom stereocenters. The topological polar surface area (TPSA) is 56.4 Å². The van der Waals surface area contributed by atoms with Crippen LogP contribution in [0.1, 0.15) is 12.5 Å². The summed E-state index contributed by atoms with van der Waals surface area (Å²) in [5.41, 5.74) is -1.64. The molecule has 1 aliphatic rings. The Kier molecular flexibility index (Phi) is 3.29. The zero-order valence-electron chi connectivity index (χ0n) is 9.79. The van der Waals surface area contributed by atoms with E-state index in [0.717, 1.165) is 4.57 Å². The van der Waals surface area contributed by atoms with Gasteiger partial charge in [0.25, 0.3) is 5.56 Å². The van der Waals surface area contributed by atoms with Gasteiger partial charge in [0, 0.05) is 13.0 Å². The number of alkyl halides is 3. The van der Waals surface area contributed by atoms with Gasteiger partial charge >= 0.3 is 11.9 Å². The molecule has 1 aromatic rings. The first-order valence-electron chi connectivity index (χ1n) is 5.41. The molecule has 0 aromatic carbocycles. The number of rotatable bonds is 2. The minimum absolute atomic E-state index is 0.00345. The number of aromatic nitrogens is 2. The van der Waals surface area contributed by atoms with E-state index in [4.69, 9.17) is 11.6 Å². The van der Waals surface area contributed by atoms with Crippen molar-refractivity contribution in [3.8, 4) is 0 Å². The highest BCUT2D eigenvalue weighted by Crippen LogP contribution is 2.26. The molecule has 0 bridgehead atoms. The number of nitrogens with zero attached hydrogens (tertiary/aromatic N) is 3. The first-order valence-corrected chi connectivity index (χ1v) is 5.78. The van der Waals surface area contributed by atoms with Gasteiger partial charge in [0.15, 0.2) is 0 Å². The Balaban J connectivity index is 2.75. The third-order valence-electron chi connectivity index (χ3n) is 2.69. The molecule has 0 saturated carbocycles. The van der Waals surface area contributed by atoms with E-state index in [1.165, 1.54) is 6.92 Å². The molecule has 104 valence electrons. The molecule has 2 heterocycles. The normalized spacial score (nSPS) is 14.5. The Bertz CT molecular complexity index is 672. The third-order valence-corrected chi connectivity index (χ3v) is 2.91. The molecular formula is C10H9ClF3N3O2. The number of aliphatic imine (C=N–C) groups is 1. The van der Waals surface area contributed by atoms with Crippen molar-refractivity contribution in [2.45, 2.75) is 32.6 Å². The molecule has 2 rings (SSSR count). The molecule has 1 aliphatic heterocycles. The molecule has 0 N–H and O–H groups in total. The van der Waals surface area contributed by atoms with Gasteiger partial charge in [0.2, 0.25) is 0 Å². The van der Waals surface area contributed by atoms with Crippen LogP contribution in [-0.2, 0) is 19.5 Å². The van der Waals surface area contributed by atoms with E-state index in [9.17, 15) is 22.8 Å². The summed E-state index contributed by atoms with van der Waals surface area (Å²) >= 11 is 5.65. The van der Waals surface area contributed by atoms with Crippen LogP contribution < -0.4 is 11.2 Å². The van der Waals surface area contributed by atoms with Crippen molar-refractivity contribution in [1.82, 2.24) is 9.13 Å². The SMILES string of the molecule is CCn1c(=O)c2c(n(CC(F)(F)F)c1=O)N=C(Cl)C2. The number of hydrogen-bond acceptors (Lipinski definition) is 3. The maximum atomic E-state index is 12.5. The molecule has 0 amide bonds. The first-order chi connectivity index (χ1) is 8.74. The van der Waals surface area contributed by atoms with Crippen LogP contribution in [0, 0.1) is 0 Å². The van der Waals surface area contributed by atoms with Gasteiger partial charge in [-0.3, -0.25) is 13.9 Å². The van der Waals surface area contributed by atoms with Crippen molar-refractivity contribution in [1.29, 1.82) is 0 Å². The molecule has 0 spiro atoms. The largest absolute Gasteiger partial charge is 0.406 e. The van der Waals surface area contributed by atoms with E-state index in [1.54, 1.807) is 0 Å². The average Bonchev–Trinajstić information content (AvgIpc) is 2.66. The van der Waals surface area contributed by atoms with Gasteiger partial charge in [0.1, 0.15) is 17.5 Å². The van der Waals surface area contributed by atoms with Gasteiger partial charge < -0.3 is 0 Å². The number of hydrogen-bond donors (Lipinski definition) is 0. The molecule has 0 radical (unpaired) electrons. The molecule has 0 fully saturated rings. The van der Waals surface area contributed by atoms with Gasteiger partial charge in [-0.15, -0.1) is 0 Å². The van der Waals surface area contributed by atoms with Crippen LogP contribution in [0.15, 0.2) is 14.6 Å². The van der Waals surface area contributed by atoms with Gasteiger partial charge in [-0.25, -0.2) is 9.79 Å². The van der Waals surface area contributed by atoms with E-state index in [-0.39, 0.29) is 29.5 Å². The van der Waals surface area contributed by atoms with E-state index < -0.39 is 24.0 Å². The predicted octanol–water partition coefficient (Wildman–Crippen LogP) is 1.42. The predicted molar refractivity (Wildman–Crippen MR) is 63.3 cm³/mol. The second-order valence-corrected chi connectivity index (χ2v) is 4.44. The molecule has 0 atom stereocenters. The highest BCUT2D eigenvalue weighted by atomic mass is 35.5. The first kappa shape index (κ1) is 13.9. The van der Waals surface area contributed by atoms with Crippen LogP contribution in [-0.4, -0.2) is 20.5 Å². The van der Waals surface area contributed by atoms with Crippen molar-refractivity contribution in [2.75, 3.05) is 0 Å². The summed E-state index contributed by atoms with van der Waals surface area (Å²) in [4.78, 5) is 27.5. The lowest BCUT2D eigenvalue weighted by Gasteiger charge is -2.14. The van der Waals surface area contributed by atoms with Gasteiger partial charge in [-0.05, 0) is 6.92 Å². The van der Waals surface area contributed by atoms with Gasteiger partial charge in [-0.2, -0.15) is 13.2 Å². The minimum atomic E-state index is -4.59. The van der Waals surface area contributed by atoms with Crippen LogP contribution in [0.5, 0.6) is 0 Å². The van der Waals surface area contributed by atoms with Crippen LogP contribution in [0.2, 0.25) is 0 Å². The zero-order chi connectivity index (χ0) is 14.4.